The molecule has 0 saturated carbocycles. The fraction of sp³-hybridized carbons (Fsp3) is 0.750. The van der Waals surface area contributed by atoms with Crippen LogP contribution in [0.25, 0.3) is 0 Å². The topological polar surface area (TPSA) is 78.9 Å². The second-order valence-corrected chi connectivity index (χ2v) is 20.9. The van der Waals surface area contributed by atoms with Crippen molar-refractivity contribution in [2.24, 2.45) is 0 Å². The van der Waals surface area contributed by atoms with Crippen molar-refractivity contribution in [1.82, 2.24) is 0 Å². The fourth-order valence-electron chi connectivity index (χ4n) is 8.91. The maximum absolute atomic E-state index is 12.9. The summed E-state index contributed by atoms with van der Waals surface area (Å²) in [6.07, 6.45) is 81.6. The van der Waals surface area contributed by atoms with Crippen LogP contribution in [0.1, 0.15) is 310 Å². The van der Waals surface area contributed by atoms with Crippen LogP contribution < -0.4 is 0 Å². The molecule has 0 bridgehead atoms. The average Bonchev–Trinajstić information content (AvgIpc) is 3.40. The second-order valence-electron chi connectivity index (χ2n) is 20.9. The molecular weight excluding hydrogens is 913 g/mol. The number of allylic oxidation sites excluding steroid dienone is 14. The molecule has 0 radical (unpaired) electrons. The highest BCUT2D eigenvalue weighted by atomic mass is 16.6. The molecule has 0 saturated heterocycles. The van der Waals surface area contributed by atoms with Crippen LogP contribution in [-0.2, 0) is 28.6 Å². The Labute approximate surface area is 458 Å². The van der Waals surface area contributed by atoms with Crippen molar-refractivity contribution in [3.8, 4) is 0 Å². The smallest absolute Gasteiger partial charge is 0.306 e. The van der Waals surface area contributed by atoms with Crippen molar-refractivity contribution in [1.29, 1.82) is 0 Å². The molecule has 6 heteroatoms. The van der Waals surface area contributed by atoms with Crippen LogP contribution in [0, 0.1) is 0 Å². The summed E-state index contributed by atoms with van der Waals surface area (Å²) in [7, 11) is 0. The van der Waals surface area contributed by atoms with Crippen molar-refractivity contribution in [2.45, 2.75) is 316 Å². The molecule has 6 nitrogen and oxygen atoms in total. The minimum absolute atomic E-state index is 0.0805. The zero-order valence-corrected chi connectivity index (χ0v) is 48.8. The second kappa shape index (κ2) is 62.1. The molecule has 0 fully saturated rings. The Bertz CT molecular complexity index is 1420. The lowest BCUT2D eigenvalue weighted by atomic mass is 10.0. The average molecular weight is 1030 g/mol. The number of carbonyl (C=O) groups excluding carboxylic acids is 3. The molecule has 0 heterocycles. The molecule has 0 aliphatic rings. The Morgan fingerprint density at radius 3 is 0.865 bits per heavy atom. The first-order chi connectivity index (χ1) is 36.5. The van der Waals surface area contributed by atoms with E-state index in [-0.39, 0.29) is 31.1 Å². The molecule has 1 atom stereocenters. The van der Waals surface area contributed by atoms with Gasteiger partial charge in [0.25, 0.3) is 0 Å². The van der Waals surface area contributed by atoms with Crippen LogP contribution in [0.15, 0.2) is 85.1 Å². The quantitative estimate of drug-likeness (QED) is 0.0261. The molecule has 426 valence electrons. The van der Waals surface area contributed by atoms with E-state index in [9.17, 15) is 14.4 Å². The summed E-state index contributed by atoms with van der Waals surface area (Å²) in [4.78, 5) is 38.2. The van der Waals surface area contributed by atoms with Crippen LogP contribution in [0.5, 0.6) is 0 Å². The van der Waals surface area contributed by atoms with E-state index >= 15 is 0 Å². The Balaban J connectivity index is 4.29. The molecule has 1 unspecified atom stereocenters. The first kappa shape index (κ1) is 70.6. The highest BCUT2D eigenvalue weighted by molar-refractivity contribution is 5.71. The summed E-state index contributed by atoms with van der Waals surface area (Å²) in [5.41, 5.74) is 0. The van der Waals surface area contributed by atoms with Gasteiger partial charge in [0, 0.05) is 19.3 Å². The van der Waals surface area contributed by atoms with E-state index in [0.29, 0.717) is 19.3 Å². The molecular formula is C68H118O6. The summed E-state index contributed by atoms with van der Waals surface area (Å²) in [5.74, 6) is -0.884. The summed E-state index contributed by atoms with van der Waals surface area (Å²) in [6.45, 7) is 6.52. The van der Waals surface area contributed by atoms with Gasteiger partial charge in [-0.2, -0.15) is 0 Å². The van der Waals surface area contributed by atoms with E-state index in [1.807, 2.05) is 0 Å². The first-order valence-electron chi connectivity index (χ1n) is 31.6. The van der Waals surface area contributed by atoms with Crippen LogP contribution in [0.4, 0.5) is 0 Å². The van der Waals surface area contributed by atoms with E-state index in [0.717, 1.165) is 109 Å². The SMILES string of the molecule is CC/C=C\C/C=C\C/C=C\C/C=C\C/C=C\C/C=C\CCCCCCCCCCC(=O)OCC(COC(=O)CCCCCCC/C=C\CCCCC)OC(=O)CCCCCCCCCCCCCCCCCCC. The summed E-state index contributed by atoms with van der Waals surface area (Å²) in [6, 6.07) is 0. The maximum atomic E-state index is 12.9. The third-order valence-corrected chi connectivity index (χ3v) is 13.6. The predicted octanol–water partition coefficient (Wildman–Crippen LogP) is 21.5. The van der Waals surface area contributed by atoms with E-state index in [1.165, 1.54) is 161 Å². The van der Waals surface area contributed by atoms with Gasteiger partial charge >= 0.3 is 17.9 Å². The Morgan fingerprint density at radius 2 is 0.527 bits per heavy atom. The third-order valence-electron chi connectivity index (χ3n) is 13.6. The molecule has 0 aromatic heterocycles. The van der Waals surface area contributed by atoms with Crippen molar-refractivity contribution in [3.63, 3.8) is 0 Å². The van der Waals surface area contributed by atoms with Gasteiger partial charge in [-0.3, -0.25) is 14.4 Å². The van der Waals surface area contributed by atoms with Gasteiger partial charge in [0.2, 0.25) is 0 Å². The molecule has 0 aromatic carbocycles. The number of carbonyl (C=O) groups is 3. The predicted molar refractivity (Wildman–Crippen MR) is 321 cm³/mol. The largest absolute Gasteiger partial charge is 0.462 e. The number of hydrogen-bond acceptors (Lipinski definition) is 6. The zero-order valence-electron chi connectivity index (χ0n) is 48.8. The van der Waals surface area contributed by atoms with E-state index in [2.05, 4.69) is 106 Å². The highest BCUT2D eigenvalue weighted by Crippen LogP contribution is 2.16. The molecule has 0 amide bonds. The van der Waals surface area contributed by atoms with Crippen LogP contribution in [-0.4, -0.2) is 37.2 Å². The van der Waals surface area contributed by atoms with Crippen molar-refractivity contribution in [3.05, 3.63) is 85.1 Å². The number of ether oxygens (including phenoxy) is 3. The van der Waals surface area contributed by atoms with Crippen LogP contribution in [0.2, 0.25) is 0 Å². The first-order valence-corrected chi connectivity index (χ1v) is 31.6. The van der Waals surface area contributed by atoms with E-state index < -0.39 is 6.10 Å². The third kappa shape index (κ3) is 59.5. The van der Waals surface area contributed by atoms with Gasteiger partial charge < -0.3 is 14.2 Å². The molecule has 0 aromatic rings. The van der Waals surface area contributed by atoms with E-state index in [4.69, 9.17) is 14.2 Å². The highest BCUT2D eigenvalue weighted by Gasteiger charge is 2.19. The lowest BCUT2D eigenvalue weighted by Gasteiger charge is -2.18. The van der Waals surface area contributed by atoms with Gasteiger partial charge in [-0.15, -0.1) is 0 Å². The standard InChI is InChI=1S/C68H118O6/c1-4-7-10-13-16-19-22-25-27-29-30-31-32-33-34-35-36-37-38-40-41-43-46-49-52-55-58-61-67(70)73-64-65(63-72-66(69)60-57-54-51-48-45-24-21-18-15-12-9-6-3)74-68(71)62-59-56-53-50-47-44-42-39-28-26-23-20-17-14-11-8-5-2/h7,10,16,18-19,21,25,27,30-31,33-34,36-37,65H,4-6,8-9,11-15,17,20,22-24,26,28-29,32,35,38-64H2,1-3H3/b10-7-,19-16-,21-18-,27-25-,31-30-,34-33-,37-36-. The summed E-state index contributed by atoms with van der Waals surface area (Å²) in [5, 5.41) is 0. The zero-order chi connectivity index (χ0) is 53.6. The lowest BCUT2D eigenvalue weighted by molar-refractivity contribution is -0.167. The van der Waals surface area contributed by atoms with Crippen LogP contribution >= 0.6 is 0 Å². The van der Waals surface area contributed by atoms with Crippen molar-refractivity contribution < 1.29 is 28.6 Å². The monoisotopic (exact) mass is 1030 g/mol. The minimum Gasteiger partial charge on any atom is -0.462 e. The summed E-state index contributed by atoms with van der Waals surface area (Å²) >= 11 is 0. The fourth-order valence-corrected chi connectivity index (χ4v) is 8.91. The molecule has 0 rings (SSSR count). The number of hydrogen-bond donors (Lipinski definition) is 0. The van der Waals surface area contributed by atoms with Gasteiger partial charge in [-0.25, -0.2) is 0 Å². The van der Waals surface area contributed by atoms with Gasteiger partial charge in [-0.1, -0.05) is 279 Å². The summed E-state index contributed by atoms with van der Waals surface area (Å²) < 4.78 is 16.9. The lowest BCUT2D eigenvalue weighted by Crippen LogP contribution is -2.30. The number of esters is 3. The maximum Gasteiger partial charge on any atom is 0.306 e. The molecule has 74 heavy (non-hydrogen) atoms. The number of unbranched alkanes of at least 4 members (excludes halogenated alkanes) is 32. The molecule has 0 spiro atoms. The van der Waals surface area contributed by atoms with Crippen molar-refractivity contribution in [2.75, 3.05) is 13.2 Å². The number of rotatable bonds is 57. The van der Waals surface area contributed by atoms with Crippen LogP contribution in [0.3, 0.4) is 0 Å². The Hall–Kier alpha value is -3.41. The molecule has 0 N–H and O–H groups in total. The van der Waals surface area contributed by atoms with Crippen molar-refractivity contribution >= 4 is 17.9 Å². The van der Waals surface area contributed by atoms with Gasteiger partial charge in [-0.05, 0) is 96.3 Å². The minimum atomic E-state index is -0.782. The van der Waals surface area contributed by atoms with Gasteiger partial charge in [0.05, 0.1) is 0 Å². The Morgan fingerprint density at radius 1 is 0.284 bits per heavy atom. The molecule has 0 aliphatic heterocycles. The molecule has 0 aliphatic carbocycles. The van der Waals surface area contributed by atoms with Gasteiger partial charge in [0.1, 0.15) is 13.2 Å². The Kier molecular flexibility index (Phi) is 59.3. The van der Waals surface area contributed by atoms with E-state index in [1.54, 1.807) is 0 Å². The normalized spacial score (nSPS) is 12.6. The van der Waals surface area contributed by atoms with Gasteiger partial charge in [0.15, 0.2) is 6.10 Å².